The van der Waals surface area contributed by atoms with Gasteiger partial charge < -0.3 is 14.8 Å². The van der Waals surface area contributed by atoms with Crippen LogP contribution in [0.3, 0.4) is 0 Å². The van der Waals surface area contributed by atoms with Crippen LogP contribution >= 0.6 is 15.9 Å². The summed E-state index contributed by atoms with van der Waals surface area (Å²) in [6, 6.07) is 13.9. The fourth-order valence-electron chi connectivity index (χ4n) is 1.85. The molecule has 0 aliphatic heterocycles. The number of benzene rings is 2. The fraction of sp³-hybridized carbons (Fsp3) is 0.250. The Hall–Kier alpha value is -1.68. The van der Waals surface area contributed by atoms with Crippen LogP contribution in [0, 0.1) is 0 Å². The molecule has 0 aliphatic rings. The number of nitrogens with one attached hydrogen (secondary N) is 1. The molecular weight excluding hydrogens is 318 g/mol. The Balaban J connectivity index is 2.01. The third-order valence-corrected chi connectivity index (χ3v) is 3.67. The van der Waals surface area contributed by atoms with Gasteiger partial charge in [0, 0.05) is 16.7 Å². The number of hydrogen-bond acceptors (Lipinski definition) is 3. The molecule has 0 radical (unpaired) electrons. The zero-order valence-electron chi connectivity index (χ0n) is 11.7. The average molecular weight is 336 g/mol. The largest absolute Gasteiger partial charge is 0.497 e. The van der Waals surface area contributed by atoms with Crippen LogP contribution < -0.4 is 14.8 Å². The van der Waals surface area contributed by atoms with Crippen molar-refractivity contribution in [2.75, 3.05) is 19.0 Å². The third kappa shape index (κ3) is 3.90. The van der Waals surface area contributed by atoms with Crippen LogP contribution in [-0.4, -0.2) is 13.7 Å². The van der Waals surface area contributed by atoms with Gasteiger partial charge in [-0.05, 0) is 55.0 Å². The van der Waals surface area contributed by atoms with Crippen molar-refractivity contribution in [3.8, 4) is 11.5 Å². The molecule has 2 rings (SSSR count). The molecule has 2 aromatic rings. The molecule has 4 heteroatoms. The Morgan fingerprint density at radius 2 is 1.75 bits per heavy atom. The monoisotopic (exact) mass is 335 g/mol. The van der Waals surface area contributed by atoms with E-state index in [0.717, 1.165) is 33.8 Å². The smallest absolute Gasteiger partial charge is 0.119 e. The molecule has 0 saturated carbocycles. The van der Waals surface area contributed by atoms with Crippen molar-refractivity contribution >= 4 is 21.6 Å². The van der Waals surface area contributed by atoms with Crippen molar-refractivity contribution in [3.05, 3.63) is 52.5 Å². The quantitative estimate of drug-likeness (QED) is 0.844. The van der Waals surface area contributed by atoms with Crippen LogP contribution in [0.15, 0.2) is 46.9 Å². The summed E-state index contributed by atoms with van der Waals surface area (Å²) in [5.41, 5.74) is 2.21. The molecule has 0 amide bonds. The lowest BCUT2D eigenvalue weighted by Gasteiger charge is -2.10. The van der Waals surface area contributed by atoms with Crippen molar-refractivity contribution in [1.29, 1.82) is 0 Å². The van der Waals surface area contributed by atoms with Gasteiger partial charge in [0.25, 0.3) is 0 Å². The van der Waals surface area contributed by atoms with Gasteiger partial charge in [0.05, 0.1) is 13.7 Å². The van der Waals surface area contributed by atoms with E-state index in [4.69, 9.17) is 9.47 Å². The average Bonchev–Trinajstić information content (AvgIpc) is 2.48. The molecule has 0 heterocycles. The Morgan fingerprint density at radius 3 is 2.40 bits per heavy atom. The lowest BCUT2D eigenvalue weighted by molar-refractivity contribution is 0.340. The summed E-state index contributed by atoms with van der Waals surface area (Å²) in [7, 11) is 1.67. The van der Waals surface area contributed by atoms with E-state index >= 15 is 0 Å². The second-order valence-electron chi connectivity index (χ2n) is 4.27. The summed E-state index contributed by atoms with van der Waals surface area (Å²) in [6.45, 7) is 3.39. The zero-order chi connectivity index (χ0) is 14.4. The Labute approximate surface area is 128 Å². The molecule has 20 heavy (non-hydrogen) atoms. The standard InChI is InChI=1S/C16H18BrNO2/c1-3-20-14-6-4-13(5-7-14)18-11-12-10-15(19-2)8-9-16(12)17/h4-10,18H,3,11H2,1-2H3. The summed E-state index contributed by atoms with van der Waals surface area (Å²) < 4.78 is 11.7. The summed E-state index contributed by atoms with van der Waals surface area (Å²) in [4.78, 5) is 0. The molecule has 0 spiro atoms. The van der Waals surface area contributed by atoms with Crippen LogP contribution in [-0.2, 0) is 6.54 Å². The highest BCUT2D eigenvalue weighted by Crippen LogP contribution is 2.24. The van der Waals surface area contributed by atoms with E-state index in [-0.39, 0.29) is 0 Å². The molecule has 0 bridgehead atoms. The van der Waals surface area contributed by atoms with Crippen LogP contribution in [0.5, 0.6) is 11.5 Å². The summed E-state index contributed by atoms with van der Waals surface area (Å²) >= 11 is 3.55. The maximum absolute atomic E-state index is 5.42. The lowest BCUT2D eigenvalue weighted by atomic mass is 10.2. The minimum absolute atomic E-state index is 0.684. The van der Waals surface area contributed by atoms with Crippen molar-refractivity contribution in [2.24, 2.45) is 0 Å². The molecule has 106 valence electrons. The molecule has 0 atom stereocenters. The first-order valence-corrected chi connectivity index (χ1v) is 7.31. The highest BCUT2D eigenvalue weighted by molar-refractivity contribution is 9.10. The number of anilines is 1. The van der Waals surface area contributed by atoms with Crippen LogP contribution in [0.2, 0.25) is 0 Å². The van der Waals surface area contributed by atoms with E-state index in [1.165, 1.54) is 0 Å². The highest BCUT2D eigenvalue weighted by Gasteiger charge is 2.02. The summed E-state index contributed by atoms with van der Waals surface area (Å²) in [5.74, 6) is 1.75. The second kappa shape index (κ2) is 7.20. The number of halogens is 1. The molecule has 3 nitrogen and oxygen atoms in total. The third-order valence-electron chi connectivity index (χ3n) is 2.90. The van der Waals surface area contributed by atoms with E-state index in [0.29, 0.717) is 6.61 Å². The maximum atomic E-state index is 5.42. The Bertz CT molecular complexity index is 555. The van der Waals surface area contributed by atoms with Gasteiger partial charge >= 0.3 is 0 Å². The van der Waals surface area contributed by atoms with Gasteiger partial charge in [0.2, 0.25) is 0 Å². The van der Waals surface area contributed by atoms with Gasteiger partial charge in [0.1, 0.15) is 11.5 Å². The Kier molecular flexibility index (Phi) is 5.30. The number of hydrogen-bond donors (Lipinski definition) is 1. The second-order valence-corrected chi connectivity index (χ2v) is 5.12. The minimum atomic E-state index is 0.684. The normalized spacial score (nSPS) is 10.2. The van der Waals surface area contributed by atoms with E-state index in [2.05, 4.69) is 21.2 Å². The van der Waals surface area contributed by atoms with Gasteiger partial charge in [-0.1, -0.05) is 15.9 Å². The van der Waals surface area contributed by atoms with E-state index in [1.807, 2.05) is 49.4 Å². The van der Waals surface area contributed by atoms with Crippen molar-refractivity contribution in [2.45, 2.75) is 13.5 Å². The van der Waals surface area contributed by atoms with E-state index in [1.54, 1.807) is 7.11 Å². The first-order chi connectivity index (χ1) is 9.72. The fourth-order valence-corrected chi connectivity index (χ4v) is 2.23. The molecular formula is C16H18BrNO2. The van der Waals surface area contributed by atoms with E-state index < -0.39 is 0 Å². The first-order valence-electron chi connectivity index (χ1n) is 6.52. The molecule has 0 saturated heterocycles. The SMILES string of the molecule is CCOc1ccc(NCc2cc(OC)ccc2Br)cc1. The molecule has 0 unspecified atom stereocenters. The highest BCUT2D eigenvalue weighted by atomic mass is 79.9. The molecule has 0 aliphatic carbocycles. The van der Waals surface area contributed by atoms with Crippen LogP contribution in [0.25, 0.3) is 0 Å². The number of ether oxygens (including phenoxy) is 2. The predicted octanol–water partition coefficient (Wildman–Crippen LogP) is 4.47. The first kappa shape index (κ1) is 14.7. The minimum Gasteiger partial charge on any atom is -0.497 e. The van der Waals surface area contributed by atoms with Crippen molar-refractivity contribution in [3.63, 3.8) is 0 Å². The number of rotatable bonds is 6. The van der Waals surface area contributed by atoms with Crippen molar-refractivity contribution in [1.82, 2.24) is 0 Å². The van der Waals surface area contributed by atoms with Gasteiger partial charge in [-0.2, -0.15) is 0 Å². The predicted molar refractivity (Wildman–Crippen MR) is 85.6 cm³/mol. The Morgan fingerprint density at radius 1 is 1.05 bits per heavy atom. The number of methoxy groups -OCH3 is 1. The summed E-state index contributed by atoms with van der Waals surface area (Å²) in [6.07, 6.45) is 0. The summed E-state index contributed by atoms with van der Waals surface area (Å²) in [5, 5.41) is 3.38. The van der Waals surface area contributed by atoms with Gasteiger partial charge in [-0.3, -0.25) is 0 Å². The molecule has 1 N–H and O–H groups in total. The van der Waals surface area contributed by atoms with E-state index in [9.17, 15) is 0 Å². The molecule has 2 aromatic carbocycles. The lowest BCUT2D eigenvalue weighted by Crippen LogP contribution is -2.01. The van der Waals surface area contributed by atoms with Crippen LogP contribution in [0.1, 0.15) is 12.5 Å². The molecule has 0 aromatic heterocycles. The van der Waals surface area contributed by atoms with Crippen LogP contribution in [0.4, 0.5) is 5.69 Å². The molecule has 0 fully saturated rings. The zero-order valence-corrected chi connectivity index (χ0v) is 13.2. The van der Waals surface area contributed by atoms with Gasteiger partial charge in [-0.25, -0.2) is 0 Å². The topological polar surface area (TPSA) is 30.5 Å². The van der Waals surface area contributed by atoms with Crippen molar-refractivity contribution < 1.29 is 9.47 Å². The van der Waals surface area contributed by atoms with Gasteiger partial charge in [-0.15, -0.1) is 0 Å². The van der Waals surface area contributed by atoms with Gasteiger partial charge in [0.15, 0.2) is 0 Å². The maximum Gasteiger partial charge on any atom is 0.119 e.